The van der Waals surface area contributed by atoms with Crippen molar-refractivity contribution < 1.29 is 89.8 Å². The van der Waals surface area contributed by atoms with E-state index < -0.39 is 30.0 Å². The largest absolute Gasteiger partial charge is 1.00 e. The molecule has 2 aromatic carbocycles. The van der Waals surface area contributed by atoms with Crippen molar-refractivity contribution in [2.45, 2.75) is 87.3 Å². The molecule has 0 heterocycles. The van der Waals surface area contributed by atoms with Gasteiger partial charge in [-0.1, -0.05) is 82.9 Å². The van der Waals surface area contributed by atoms with Crippen LogP contribution in [0.3, 0.4) is 0 Å². The predicted molar refractivity (Wildman–Crippen MR) is 124 cm³/mol. The van der Waals surface area contributed by atoms with Gasteiger partial charge in [0.2, 0.25) is 0 Å². The Kier molecular flexibility index (Phi) is 17.6. The second kappa shape index (κ2) is 17.5. The first-order chi connectivity index (χ1) is 15.6. The van der Waals surface area contributed by atoms with E-state index in [0.29, 0.717) is 5.75 Å². The average Bonchev–Trinajstić information content (AvgIpc) is 2.75. The first-order valence-corrected chi connectivity index (χ1v) is 14.3. The maximum Gasteiger partial charge on any atom is 1.00 e. The molecule has 0 saturated heterocycles. The Bertz CT molecular complexity index is 1100. The van der Waals surface area contributed by atoms with Crippen LogP contribution in [0.4, 0.5) is 0 Å². The maximum absolute atomic E-state index is 11.5. The van der Waals surface area contributed by atoms with Crippen LogP contribution in [0.5, 0.6) is 11.5 Å². The standard InChI is InChI=1S/C24H34O7S2.2Na/c1-2-3-4-5-6-7-8-9-10-11-14-20-15-12-13-16-22(20)31-21-17-18-23(32(25,26)27)24(19-21)33(28,29)30;;/h12-13,15-19H,2-11,14H2,1H3,(H,25,26,27)(H,28,29,30);;/q;2*+1/p-2. The molecule has 7 nitrogen and oxygen atoms in total. The zero-order valence-electron chi connectivity index (χ0n) is 21.0. The fourth-order valence-electron chi connectivity index (χ4n) is 3.69. The third kappa shape index (κ3) is 12.9. The smallest absolute Gasteiger partial charge is 0.744 e. The van der Waals surface area contributed by atoms with E-state index in [0.717, 1.165) is 43.0 Å². The maximum atomic E-state index is 11.5. The van der Waals surface area contributed by atoms with Crippen LogP contribution in [0.25, 0.3) is 0 Å². The first kappa shape index (κ1) is 35.1. The summed E-state index contributed by atoms with van der Waals surface area (Å²) >= 11 is 0. The molecule has 0 atom stereocenters. The van der Waals surface area contributed by atoms with E-state index >= 15 is 0 Å². The van der Waals surface area contributed by atoms with Crippen LogP contribution in [0.1, 0.15) is 76.7 Å². The summed E-state index contributed by atoms with van der Waals surface area (Å²) in [6, 6.07) is 9.99. The van der Waals surface area contributed by atoms with E-state index in [1.165, 1.54) is 51.4 Å². The van der Waals surface area contributed by atoms with Crippen molar-refractivity contribution in [3.05, 3.63) is 48.0 Å². The Morgan fingerprint density at radius 2 is 1.20 bits per heavy atom. The minimum Gasteiger partial charge on any atom is -0.744 e. The summed E-state index contributed by atoms with van der Waals surface area (Å²) in [6.45, 7) is 2.22. The molecule has 0 amide bonds. The monoisotopic (exact) mass is 542 g/mol. The average molecular weight is 543 g/mol. The van der Waals surface area contributed by atoms with Crippen LogP contribution in [-0.2, 0) is 26.7 Å². The van der Waals surface area contributed by atoms with Gasteiger partial charge in [-0.05, 0) is 42.7 Å². The minimum atomic E-state index is -5.18. The molecule has 2 aromatic rings. The van der Waals surface area contributed by atoms with Crippen LogP contribution in [0, 0.1) is 0 Å². The molecule has 0 unspecified atom stereocenters. The normalized spacial score (nSPS) is 11.4. The van der Waals surface area contributed by atoms with Crippen LogP contribution in [0.15, 0.2) is 52.3 Å². The Morgan fingerprint density at radius 1 is 0.686 bits per heavy atom. The summed E-state index contributed by atoms with van der Waals surface area (Å²) in [7, 11) is -10.3. The molecule has 0 aliphatic carbocycles. The number of hydrogen-bond donors (Lipinski definition) is 0. The third-order valence-corrected chi connectivity index (χ3v) is 7.35. The molecule has 0 bridgehead atoms. The third-order valence-electron chi connectivity index (χ3n) is 5.45. The summed E-state index contributed by atoms with van der Waals surface area (Å²) in [4.78, 5) is -2.19. The Hall–Kier alpha value is 0.0600. The minimum absolute atomic E-state index is 0. The van der Waals surface area contributed by atoms with Gasteiger partial charge >= 0.3 is 59.1 Å². The van der Waals surface area contributed by atoms with Crippen molar-refractivity contribution in [2.24, 2.45) is 0 Å². The summed E-state index contributed by atoms with van der Waals surface area (Å²) in [6.07, 6.45) is 13.0. The molecule has 0 aliphatic rings. The number of hydrogen-bond acceptors (Lipinski definition) is 7. The van der Waals surface area contributed by atoms with E-state index in [2.05, 4.69) is 6.92 Å². The van der Waals surface area contributed by atoms with Gasteiger partial charge in [-0.3, -0.25) is 0 Å². The van der Waals surface area contributed by atoms with Gasteiger partial charge < -0.3 is 13.8 Å². The topological polar surface area (TPSA) is 124 Å². The molecule has 35 heavy (non-hydrogen) atoms. The molecule has 0 radical (unpaired) electrons. The fourth-order valence-corrected chi connectivity index (χ4v) is 5.42. The molecule has 2 rings (SSSR count). The van der Waals surface area contributed by atoms with Crippen molar-refractivity contribution in [3.63, 3.8) is 0 Å². The van der Waals surface area contributed by atoms with Crippen LogP contribution < -0.4 is 63.9 Å². The fraction of sp³-hybridized carbons (Fsp3) is 0.500. The molecule has 0 fully saturated rings. The number of para-hydroxylation sites is 1. The van der Waals surface area contributed by atoms with Gasteiger partial charge in [0.15, 0.2) is 0 Å². The van der Waals surface area contributed by atoms with Crippen molar-refractivity contribution in [2.75, 3.05) is 0 Å². The molecule has 0 spiro atoms. The number of rotatable bonds is 15. The molecule has 0 N–H and O–H groups in total. The van der Waals surface area contributed by atoms with Gasteiger partial charge in [0.05, 0.1) is 9.79 Å². The molecular formula is C24H32Na2O7S2. The van der Waals surface area contributed by atoms with Crippen molar-refractivity contribution in [3.8, 4) is 11.5 Å². The summed E-state index contributed by atoms with van der Waals surface area (Å²) in [5.41, 5.74) is 0.920. The molecule has 184 valence electrons. The summed E-state index contributed by atoms with van der Waals surface area (Å²) < 4.78 is 74.1. The summed E-state index contributed by atoms with van der Waals surface area (Å²) in [5.74, 6) is 0.452. The number of aryl methyl sites for hydroxylation is 1. The zero-order chi connectivity index (χ0) is 24.3. The van der Waals surface area contributed by atoms with Crippen molar-refractivity contribution in [1.29, 1.82) is 0 Å². The predicted octanol–water partition coefficient (Wildman–Crippen LogP) is -0.241. The van der Waals surface area contributed by atoms with Crippen molar-refractivity contribution >= 4 is 20.2 Å². The second-order valence-electron chi connectivity index (χ2n) is 8.16. The van der Waals surface area contributed by atoms with E-state index in [1.54, 1.807) is 12.1 Å². The van der Waals surface area contributed by atoms with Crippen molar-refractivity contribution in [1.82, 2.24) is 0 Å². The van der Waals surface area contributed by atoms with E-state index in [9.17, 15) is 25.9 Å². The van der Waals surface area contributed by atoms with Gasteiger partial charge in [0.1, 0.15) is 31.7 Å². The second-order valence-corrected chi connectivity index (χ2v) is 10.9. The van der Waals surface area contributed by atoms with E-state index in [-0.39, 0.29) is 64.9 Å². The number of benzene rings is 2. The van der Waals surface area contributed by atoms with Crippen LogP contribution in [0.2, 0.25) is 0 Å². The molecule has 0 saturated carbocycles. The van der Waals surface area contributed by atoms with Crippen LogP contribution >= 0.6 is 0 Å². The van der Waals surface area contributed by atoms with E-state index in [4.69, 9.17) is 4.74 Å². The summed E-state index contributed by atoms with van der Waals surface area (Å²) in [5, 5.41) is 0. The quantitative estimate of drug-likeness (QED) is 0.173. The van der Waals surface area contributed by atoms with E-state index in [1.807, 2.05) is 12.1 Å². The Labute approximate surface area is 254 Å². The van der Waals surface area contributed by atoms with Gasteiger partial charge in [-0.25, -0.2) is 16.8 Å². The molecular weight excluding hydrogens is 510 g/mol. The Morgan fingerprint density at radius 3 is 1.74 bits per heavy atom. The Balaban J connectivity index is 0.00000578. The first-order valence-electron chi connectivity index (χ1n) is 11.4. The molecule has 0 aliphatic heterocycles. The van der Waals surface area contributed by atoms with Crippen LogP contribution in [-0.4, -0.2) is 25.9 Å². The number of ether oxygens (including phenoxy) is 1. The molecule has 11 heteroatoms. The zero-order valence-corrected chi connectivity index (χ0v) is 26.6. The van der Waals surface area contributed by atoms with Gasteiger partial charge in [0, 0.05) is 0 Å². The SMILES string of the molecule is CCCCCCCCCCCCc1ccccc1Oc1ccc(S(=O)(=O)[O-])c(S(=O)(=O)[O-])c1.[Na+].[Na+]. The van der Waals surface area contributed by atoms with Gasteiger partial charge in [-0.2, -0.15) is 0 Å². The number of unbranched alkanes of at least 4 members (excludes halogenated alkanes) is 9. The van der Waals surface area contributed by atoms with Gasteiger partial charge in [-0.15, -0.1) is 0 Å². The van der Waals surface area contributed by atoms with Gasteiger partial charge in [0.25, 0.3) is 0 Å². The molecule has 0 aromatic heterocycles.